The van der Waals surface area contributed by atoms with Crippen LogP contribution in [0.4, 0.5) is 4.39 Å². The van der Waals surface area contributed by atoms with Gasteiger partial charge < -0.3 is 10.1 Å². The zero-order chi connectivity index (χ0) is 14.7. The quantitative estimate of drug-likeness (QED) is 0.945. The normalized spacial score (nSPS) is 17.9. The zero-order valence-corrected chi connectivity index (χ0v) is 12.2. The van der Waals surface area contributed by atoms with Gasteiger partial charge in [0.2, 0.25) is 0 Å². The number of hydrogen-bond acceptors (Lipinski definition) is 4. The Morgan fingerprint density at radius 3 is 2.95 bits per heavy atom. The number of halogens is 1. The van der Waals surface area contributed by atoms with Gasteiger partial charge in [-0.1, -0.05) is 0 Å². The van der Waals surface area contributed by atoms with E-state index in [1.807, 2.05) is 0 Å². The highest BCUT2D eigenvalue weighted by Gasteiger charge is 2.18. The third-order valence-corrected chi connectivity index (χ3v) is 4.29. The molecule has 110 valence electrons. The fourth-order valence-electron chi connectivity index (χ4n) is 2.17. The van der Waals surface area contributed by atoms with E-state index in [1.54, 1.807) is 17.5 Å². The highest BCUT2D eigenvalue weighted by Crippen LogP contribution is 2.23. The molecule has 1 N–H and O–H groups in total. The van der Waals surface area contributed by atoms with Gasteiger partial charge in [-0.2, -0.15) is 0 Å². The molecule has 1 aromatic heterocycles. The maximum absolute atomic E-state index is 12.9. The molecule has 1 amide bonds. The molecule has 1 atom stereocenters. The predicted molar refractivity (Wildman–Crippen MR) is 78.8 cm³/mol. The average Bonchev–Trinajstić information content (AvgIpc) is 3.17. The van der Waals surface area contributed by atoms with Crippen molar-refractivity contribution in [1.82, 2.24) is 10.3 Å². The number of carbonyl (C=O) groups is 1. The van der Waals surface area contributed by atoms with Gasteiger partial charge in [-0.15, -0.1) is 11.3 Å². The minimum Gasteiger partial charge on any atom is -0.381 e. The Morgan fingerprint density at radius 1 is 1.43 bits per heavy atom. The van der Waals surface area contributed by atoms with Crippen molar-refractivity contribution in [2.45, 2.75) is 6.42 Å². The van der Waals surface area contributed by atoms with Crippen LogP contribution >= 0.6 is 11.3 Å². The third kappa shape index (κ3) is 3.46. The van der Waals surface area contributed by atoms with Crippen molar-refractivity contribution < 1.29 is 13.9 Å². The first-order chi connectivity index (χ1) is 10.2. The Balaban J connectivity index is 1.63. The smallest absolute Gasteiger partial charge is 0.270 e. The summed E-state index contributed by atoms with van der Waals surface area (Å²) < 4.78 is 18.2. The lowest BCUT2D eigenvalue weighted by Crippen LogP contribution is -2.29. The SMILES string of the molecule is O=C(NCC1CCOC1)c1csc(-c2ccc(F)cc2)n1. The van der Waals surface area contributed by atoms with Crippen molar-refractivity contribution in [2.75, 3.05) is 19.8 Å². The van der Waals surface area contributed by atoms with E-state index in [1.165, 1.54) is 23.5 Å². The van der Waals surface area contributed by atoms with Crippen molar-refractivity contribution in [3.8, 4) is 10.6 Å². The van der Waals surface area contributed by atoms with Crippen molar-refractivity contribution >= 4 is 17.2 Å². The second-order valence-electron chi connectivity index (χ2n) is 4.98. The molecule has 1 aliphatic heterocycles. The van der Waals surface area contributed by atoms with Crippen LogP contribution in [-0.4, -0.2) is 30.6 Å². The topological polar surface area (TPSA) is 51.2 Å². The number of thiazole rings is 1. The van der Waals surface area contributed by atoms with Gasteiger partial charge in [0.1, 0.15) is 16.5 Å². The van der Waals surface area contributed by atoms with Crippen LogP contribution in [-0.2, 0) is 4.74 Å². The lowest BCUT2D eigenvalue weighted by Gasteiger charge is -2.07. The second kappa shape index (κ2) is 6.32. The summed E-state index contributed by atoms with van der Waals surface area (Å²) in [4.78, 5) is 16.3. The fourth-order valence-corrected chi connectivity index (χ4v) is 2.98. The Kier molecular flexibility index (Phi) is 4.26. The first-order valence-electron chi connectivity index (χ1n) is 6.80. The van der Waals surface area contributed by atoms with Gasteiger partial charge in [-0.25, -0.2) is 9.37 Å². The van der Waals surface area contributed by atoms with Crippen LogP contribution in [0.25, 0.3) is 10.6 Å². The van der Waals surface area contributed by atoms with E-state index >= 15 is 0 Å². The number of nitrogens with zero attached hydrogens (tertiary/aromatic N) is 1. The van der Waals surface area contributed by atoms with Gasteiger partial charge in [0.05, 0.1) is 6.61 Å². The molecule has 0 spiro atoms. The molecule has 0 radical (unpaired) electrons. The average molecular weight is 306 g/mol. The summed E-state index contributed by atoms with van der Waals surface area (Å²) in [7, 11) is 0. The van der Waals surface area contributed by atoms with Gasteiger partial charge in [0.15, 0.2) is 0 Å². The van der Waals surface area contributed by atoms with Crippen molar-refractivity contribution in [2.24, 2.45) is 5.92 Å². The van der Waals surface area contributed by atoms with Crippen LogP contribution in [0.2, 0.25) is 0 Å². The molecule has 1 fully saturated rings. The summed E-state index contributed by atoms with van der Waals surface area (Å²) in [6.45, 7) is 2.09. The second-order valence-corrected chi connectivity index (χ2v) is 5.84. The van der Waals surface area contributed by atoms with Gasteiger partial charge in [0.25, 0.3) is 5.91 Å². The van der Waals surface area contributed by atoms with E-state index in [0.29, 0.717) is 29.8 Å². The van der Waals surface area contributed by atoms with E-state index in [2.05, 4.69) is 10.3 Å². The predicted octanol–water partition coefficient (Wildman–Crippen LogP) is 2.72. The highest BCUT2D eigenvalue weighted by molar-refractivity contribution is 7.13. The molecule has 0 saturated carbocycles. The van der Waals surface area contributed by atoms with Crippen LogP contribution in [0.1, 0.15) is 16.9 Å². The molecule has 21 heavy (non-hydrogen) atoms. The molecule has 0 bridgehead atoms. The first-order valence-corrected chi connectivity index (χ1v) is 7.68. The number of amides is 1. The summed E-state index contributed by atoms with van der Waals surface area (Å²) in [5.74, 6) is -0.0669. The number of benzene rings is 1. The Labute approximate surface area is 126 Å². The molecule has 2 heterocycles. The molecule has 4 nitrogen and oxygen atoms in total. The van der Waals surface area contributed by atoms with Gasteiger partial charge in [-0.05, 0) is 30.7 Å². The summed E-state index contributed by atoms with van der Waals surface area (Å²) in [5, 5.41) is 5.31. The zero-order valence-electron chi connectivity index (χ0n) is 11.3. The van der Waals surface area contributed by atoms with Gasteiger partial charge >= 0.3 is 0 Å². The Hall–Kier alpha value is -1.79. The molecule has 3 rings (SSSR count). The lowest BCUT2D eigenvalue weighted by atomic mass is 10.1. The van der Waals surface area contributed by atoms with Gasteiger partial charge in [0, 0.05) is 30.0 Å². The molecule has 1 aromatic carbocycles. The molecule has 1 saturated heterocycles. The minimum atomic E-state index is -0.285. The largest absolute Gasteiger partial charge is 0.381 e. The highest BCUT2D eigenvalue weighted by atomic mass is 32.1. The van der Waals surface area contributed by atoms with Crippen LogP contribution < -0.4 is 5.32 Å². The van der Waals surface area contributed by atoms with Crippen molar-refractivity contribution in [3.63, 3.8) is 0 Å². The Morgan fingerprint density at radius 2 is 2.24 bits per heavy atom. The van der Waals surface area contributed by atoms with Crippen LogP contribution in [0.3, 0.4) is 0 Å². The maximum atomic E-state index is 12.9. The van der Waals surface area contributed by atoms with E-state index in [-0.39, 0.29) is 11.7 Å². The summed E-state index contributed by atoms with van der Waals surface area (Å²) in [5.41, 5.74) is 1.21. The van der Waals surface area contributed by atoms with Crippen LogP contribution in [0.5, 0.6) is 0 Å². The van der Waals surface area contributed by atoms with Gasteiger partial charge in [-0.3, -0.25) is 4.79 Å². The minimum absolute atomic E-state index is 0.175. The van der Waals surface area contributed by atoms with E-state index < -0.39 is 0 Å². The van der Waals surface area contributed by atoms with Crippen LogP contribution in [0.15, 0.2) is 29.6 Å². The van der Waals surface area contributed by atoms with E-state index in [0.717, 1.165) is 18.6 Å². The fraction of sp³-hybridized carbons (Fsp3) is 0.333. The number of carbonyl (C=O) groups excluding carboxylic acids is 1. The molecular formula is C15H15FN2O2S. The molecule has 1 aliphatic rings. The molecule has 2 aromatic rings. The van der Waals surface area contributed by atoms with E-state index in [4.69, 9.17) is 4.74 Å². The number of aromatic nitrogens is 1. The summed E-state index contributed by atoms with van der Waals surface area (Å²) in [6, 6.07) is 6.09. The number of rotatable bonds is 4. The third-order valence-electron chi connectivity index (χ3n) is 3.40. The standard InChI is InChI=1S/C15H15FN2O2S/c16-12-3-1-11(2-4-12)15-18-13(9-21-15)14(19)17-7-10-5-6-20-8-10/h1-4,9-10H,5-8H2,(H,17,19). The Bertz CT molecular complexity index is 621. The monoisotopic (exact) mass is 306 g/mol. The van der Waals surface area contributed by atoms with Crippen molar-refractivity contribution in [1.29, 1.82) is 0 Å². The number of ether oxygens (including phenoxy) is 1. The number of hydrogen-bond donors (Lipinski definition) is 1. The number of nitrogens with one attached hydrogen (secondary N) is 1. The summed E-state index contributed by atoms with van der Waals surface area (Å²) in [6.07, 6.45) is 0.984. The molecule has 0 aliphatic carbocycles. The molecule has 6 heteroatoms. The van der Waals surface area contributed by atoms with Crippen molar-refractivity contribution in [3.05, 3.63) is 41.2 Å². The first kappa shape index (κ1) is 14.2. The summed E-state index contributed by atoms with van der Waals surface area (Å²) >= 11 is 1.38. The molecule has 1 unspecified atom stereocenters. The lowest BCUT2D eigenvalue weighted by molar-refractivity contribution is 0.0941. The van der Waals surface area contributed by atoms with E-state index in [9.17, 15) is 9.18 Å². The van der Waals surface area contributed by atoms with Crippen LogP contribution in [0, 0.1) is 11.7 Å². The molecular weight excluding hydrogens is 291 g/mol. The maximum Gasteiger partial charge on any atom is 0.270 e.